The fourth-order valence-corrected chi connectivity index (χ4v) is 5.39. The molecule has 0 unspecified atom stereocenters. The molecule has 5 aromatic rings. The number of methoxy groups -OCH3 is 2. The molecule has 8 nitrogen and oxygen atoms in total. The summed E-state index contributed by atoms with van der Waals surface area (Å²) in [7, 11) is 3.25. The maximum absolute atomic E-state index is 14.2. The van der Waals surface area contributed by atoms with Gasteiger partial charge >= 0.3 is 6.03 Å². The van der Waals surface area contributed by atoms with E-state index >= 15 is 0 Å². The number of carbonyl (C=O) groups is 1. The van der Waals surface area contributed by atoms with Crippen molar-refractivity contribution in [1.82, 2.24) is 19.2 Å². The van der Waals surface area contributed by atoms with E-state index in [-0.39, 0.29) is 12.1 Å². The van der Waals surface area contributed by atoms with Crippen LogP contribution in [0.15, 0.2) is 91.1 Å². The lowest BCUT2D eigenvalue weighted by atomic mass is 10.0. The topological polar surface area (TPSA) is 73.5 Å². The third-order valence-corrected chi connectivity index (χ3v) is 7.38. The van der Waals surface area contributed by atoms with Crippen LogP contribution in [0.25, 0.3) is 11.5 Å². The van der Waals surface area contributed by atoms with Crippen LogP contribution >= 0.6 is 0 Å². The highest BCUT2D eigenvalue weighted by Crippen LogP contribution is 2.39. The molecule has 0 fully saturated rings. The predicted octanol–water partition coefficient (Wildman–Crippen LogP) is 6.43. The van der Waals surface area contributed by atoms with Gasteiger partial charge in [0.15, 0.2) is 0 Å². The van der Waals surface area contributed by atoms with Gasteiger partial charge in [-0.3, -0.25) is 0 Å². The second kappa shape index (κ2) is 10.3. The Bertz CT molecular complexity index is 1670. The molecule has 0 radical (unpaired) electrons. The summed E-state index contributed by atoms with van der Waals surface area (Å²) < 4.78 is 15.1. The number of nitrogens with zero attached hydrogens (tertiary/aromatic N) is 4. The summed E-state index contributed by atoms with van der Waals surface area (Å²) in [5.41, 5.74) is 6.35. The van der Waals surface area contributed by atoms with Crippen molar-refractivity contribution >= 4 is 11.7 Å². The van der Waals surface area contributed by atoms with E-state index < -0.39 is 0 Å². The zero-order valence-electron chi connectivity index (χ0n) is 23.0. The van der Waals surface area contributed by atoms with E-state index in [0.29, 0.717) is 18.0 Å². The number of nitrogens with one attached hydrogen (secondary N) is 1. The zero-order chi connectivity index (χ0) is 27.8. The average Bonchev–Trinajstić information content (AvgIpc) is 3.54. The number of fused-ring (bicyclic) bond motifs is 3. The number of para-hydroxylation sites is 1. The number of hydrogen-bond acceptors (Lipinski definition) is 4. The number of aromatic nitrogens is 3. The molecule has 40 heavy (non-hydrogen) atoms. The van der Waals surface area contributed by atoms with Gasteiger partial charge in [-0.2, -0.15) is 5.10 Å². The number of anilines is 1. The molecule has 202 valence electrons. The lowest BCUT2D eigenvalue weighted by Gasteiger charge is -2.31. The van der Waals surface area contributed by atoms with E-state index in [1.165, 1.54) is 0 Å². The van der Waals surface area contributed by atoms with Crippen LogP contribution in [0.3, 0.4) is 0 Å². The van der Waals surface area contributed by atoms with Crippen molar-refractivity contribution in [3.8, 4) is 23.0 Å². The molecule has 2 amide bonds. The number of rotatable bonds is 5. The first kappa shape index (κ1) is 25.3. The lowest BCUT2D eigenvalue weighted by molar-refractivity contribution is 0.194. The van der Waals surface area contributed by atoms with Gasteiger partial charge in [-0.25, -0.2) is 9.48 Å². The maximum Gasteiger partial charge on any atom is 0.323 e. The van der Waals surface area contributed by atoms with Crippen LogP contribution in [-0.2, 0) is 6.54 Å². The highest BCUT2D eigenvalue weighted by atomic mass is 16.5. The van der Waals surface area contributed by atoms with Crippen LogP contribution in [0.2, 0.25) is 0 Å². The highest BCUT2D eigenvalue weighted by molar-refractivity contribution is 5.92. The molecule has 0 aliphatic carbocycles. The Morgan fingerprint density at radius 3 is 2.42 bits per heavy atom. The van der Waals surface area contributed by atoms with E-state index in [1.54, 1.807) is 14.2 Å². The molecule has 0 spiro atoms. The van der Waals surface area contributed by atoms with E-state index in [0.717, 1.165) is 45.3 Å². The van der Waals surface area contributed by atoms with Crippen molar-refractivity contribution < 1.29 is 14.3 Å². The van der Waals surface area contributed by atoms with Gasteiger partial charge in [0.1, 0.15) is 17.3 Å². The smallest absolute Gasteiger partial charge is 0.323 e. The minimum atomic E-state index is -0.382. The summed E-state index contributed by atoms with van der Waals surface area (Å²) in [6.45, 7) is 4.34. The van der Waals surface area contributed by atoms with Crippen molar-refractivity contribution in [2.45, 2.75) is 26.4 Å². The minimum Gasteiger partial charge on any atom is -0.497 e. The van der Waals surface area contributed by atoms with Gasteiger partial charge in [-0.15, -0.1) is 0 Å². The van der Waals surface area contributed by atoms with Crippen LogP contribution < -0.4 is 14.8 Å². The monoisotopic (exact) mass is 533 g/mol. The largest absolute Gasteiger partial charge is 0.497 e. The van der Waals surface area contributed by atoms with Gasteiger partial charge in [-0.05, 0) is 73.5 Å². The molecule has 1 aliphatic heterocycles. The van der Waals surface area contributed by atoms with Crippen LogP contribution in [0.5, 0.6) is 11.5 Å². The van der Waals surface area contributed by atoms with Gasteiger partial charge < -0.3 is 24.3 Å². The molecule has 0 saturated carbocycles. The predicted molar refractivity (Wildman–Crippen MR) is 155 cm³/mol. The number of hydrogen-bond donors (Lipinski definition) is 1. The quantitative estimate of drug-likeness (QED) is 0.282. The summed E-state index contributed by atoms with van der Waals surface area (Å²) in [6.07, 6.45) is 2.04. The van der Waals surface area contributed by atoms with Crippen molar-refractivity contribution in [3.05, 3.63) is 119 Å². The summed E-state index contributed by atoms with van der Waals surface area (Å²) in [6, 6.07) is 27.2. The number of benzene rings is 3. The second-order valence-electron chi connectivity index (χ2n) is 9.88. The maximum atomic E-state index is 14.2. The van der Waals surface area contributed by atoms with Gasteiger partial charge in [0.25, 0.3) is 0 Å². The third-order valence-electron chi connectivity index (χ3n) is 7.38. The SMILES string of the molecule is COc1ccc([C@H]2c3cccn3-c3c(c(C)nn3-c3ccccc3)CN2C(=O)Nc2cc(C)ccc2OC)cc1. The molecule has 3 aromatic carbocycles. The van der Waals surface area contributed by atoms with Gasteiger partial charge in [0.05, 0.1) is 49.6 Å². The molecular formula is C32H31N5O3. The van der Waals surface area contributed by atoms with E-state index in [9.17, 15) is 4.79 Å². The van der Waals surface area contributed by atoms with E-state index in [1.807, 2.05) is 108 Å². The first-order valence-corrected chi connectivity index (χ1v) is 13.2. The number of carbonyl (C=O) groups excluding carboxylic acids is 1. The van der Waals surface area contributed by atoms with Crippen molar-refractivity contribution in [1.29, 1.82) is 0 Å². The summed E-state index contributed by atoms with van der Waals surface area (Å²) in [5.74, 6) is 2.28. The Hall–Kier alpha value is -4.98. The lowest BCUT2D eigenvalue weighted by Crippen LogP contribution is -2.38. The van der Waals surface area contributed by atoms with E-state index in [4.69, 9.17) is 14.6 Å². The van der Waals surface area contributed by atoms with Gasteiger partial charge in [0, 0.05) is 11.8 Å². The van der Waals surface area contributed by atoms with Crippen molar-refractivity contribution in [3.63, 3.8) is 0 Å². The molecule has 1 N–H and O–H groups in total. The first-order valence-electron chi connectivity index (χ1n) is 13.2. The number of aryl methyl sites for hydroxylation is 2. The molecular weight excluding hydrogens is 502 g/mol. The van der Waals surface area contributed by atoms with Crippen molar-refractivity contribution in [2.24, 2.45) is 0 Å². The molecule has 8 heteroatoms. The summed E-state index contributed by atoms with van der Waals surface area (Å²) >= 11 is 0. The van der Waals surface area contributed by atoms with Gasteiger partial charge in [-0.1, -0.05) is 36.4 Å². The van der Waals surface area contributed by atoms with Crippen LogP contribution in [0.4, 0.5) is 10.5 Å². The number of ether oxygens (including phenoxy) is 2. The van der Waals surface area contributed by atoms with E-state index in [2.05, 4.69) is 16.0 Å². The molecule has 3 heterocycles. The Morgan fingerprint density at radius 2 is 1.70 bits per heavy atom. The first-order chi connectivity index (χ1) is 19.5. The average molecular weight is 534 g/mol. The number of amides is 2. The van der Waals surface area contributed by atoms with Crippen LogP contribution in [0, 0.1) is 13.8 Å². The molecule has 0 saturated heterocycles. The highest BCUT2D eigenvalue weighted by Gasteiger charge is 2.36. The normalized spacial score (nSPS) is 14.2. The fraction of sp³-hybridized carbons (Fsp3) is 0.188. The van der Waals surface area contributed by atoms with Crippen LogP contribution in [0.1, 0.15) is 34.1 Å². The number of urea groups is 1. The molecule has 0 bridgehead atoms. The summed E-state index contributed by atoms with van der Waals surface area (Å²) in [5, 5.41) is 8.06. The molecule has 2 aromatic heterocycles. The molecule has 1 aliphatic rings. The standard InChI is InChI=1S/C32H31N5O3/c1-21-12-17-29(40-4)27(19-21)33-32(38)36-20-26-22(2)34-37(24-9-6-5-7-10-24)31(26)35-18-8-11-28(35)30(36)23-13-15-25(39-3)16-14-23/h5-19,30H,20H2,1-4H3,(H,33,38)/t30-/m0/s1. The molecule has 6 rings (SSSR count). The summed E-state index contributed by atoms with van der Waals surface area (Å²) in [4.78, 5) is 16.1. The Labute approximate surface area is 233 Å². The fourth-order valence-electron chi connectivity index (χ4n) is 5.39. The molecule has 1 atom stereocenters. The second-order valence-corrected chi connectivity index (χ2v) is 9.88. The van der Waals surface area contributed by atoms with Gasteiger partial charge in [0.2, 0.25) is 0 Å². The zero-order valence-corrected chi connectivity index (χ0v) is 23.0. The Kier molecular flexibility index (Phi) is 6.51. The van der Waals surface area contributed by atoms with Crippen molar-refractivity contribution in [2.75, 3.05) is 19.5 Å². The Morgan fingerprint density at radius 1 is 0.925 bits per heavy atom. The van der Waals surface area contributed by atoms with Crippen LogP contribution in [-0.4, -0.2) is 39.5 Å². The third kappa shape index (κ3) is 4.37. The Balaban J connectivity index is 1.53. The minimum absolute atomic E-state index is 0.239.